The Kier molecular flexibility index (Phi) is 40.4. The Labute approximate surface area is 807 Å². The van der Waals surface area contributed by atoms with E-state index in [1.807, 2.05) is 13.8 Å². The van der Waals surface area contributed by atoms with Crippen LogP contribution in [0.1, 0.15) is 158 Å². The number of phenols is 1. The number of amides is 15. The molecule has 0 aliphatic carbocycles. The van der Waals surface area contributed by atoms with Crippen LogP contribution in [0.4, 0.5) is 0 Å². The number of piperidine rings is 1. The number of fused-ring (bicyclic) bond motifs is 5. The van der Waals surface area contributed by atoms with Crippen LogP contribution >= 0.6 is 11.8 Å². The topological polar surface area (TPSA) is 670 Å². The summed E-state index contributed by atoms with van der Waals surface area (Å²) >= 11 is 0.779. The molecule has 45 heteroatoms. The van der Waals surface area contributed by atoms with Gasteiger partial charge in [-0.1, -0.05) is 88.1 Å². The van der Waals surface area contributed by atoms with Crippen LogP contribution in [0.25, 0.3) is 21.8 Å². The molecule has 0 spiro atoms. The number of carboxylic acids is 1. The number of Topliss-reactive ketones (excluding diaryl/α,β-unsaturated/α-hetero) is 1. The number of carboxylic acid groups (broad SMARTS) is 1. The highest BCUT2D eigenvalue weighted by atomic mass is 32.2. The molecule has 4 saturated heterocycles. The summed E-state index contributed by atoms with van der Waals surface area (Å²) in [6, 6.07) is 0.195. The lowest BCUT2D eigenvalue weighted by atomic mass is 9.93. The predicted molar refractivity (Wildman–Crippen MR) is 510 cm³/mol. The first kappa shape index (κ1) is 107. The van der Waals surface area contributed by atoms with Gasteiger partial charge < -0.3 is 130 Å². The summed E-state index contributed by atoms with van der Waals surface area (Å²) in [7, 11) is 2.71. The minimum Gasteiger partial charge on any atom is -0.508 e. The first-order chi connectivity index (χ1) is 66.6. The third kappa shape index (κ3) is 30.0. The lowest BCUT2D eigenvalue weighted by Gasteiger charge is -2.38. The number of H-pyrrole nitrogens is 3. The van der Waals surface area contributed by atoms with E-state index < -0.39 is 254 Å². The van der Waals surface area contributed by atoms with Crippen LogP contribution in [-0.4, -0.2) is 327 Å². The van der Waals surface area contributed by atoms with Gasteiger partial charge in [0.05, 0.1) is 49.0 Å². The largest absolute Gasteiger partial charge is 0.508 e. The summed E-state index contributed by atoms with van der Waals surface area (Å²) in [6.45, 7) is 1.26. The van der Waals surface area contributed by atoms with Crippen molar-refractivity contribution in [2.45, 2.75) is 246 Å². The van der Waals surface area contributed by atoms with E-state index in [9.17, 15) is 39.6 Å². The average Bonchev–Trinajstić information content (AvgIpc) is 1.73. The molecule has 4 aliphatic heterocycles. The van der Waals surface area contributed by atoms with E-state index in [1.54, 1.807) is 60.9 Å². The fraction of sp³-hybridized carbons (Fsp3) is 0.543. The van der Waals surface area contributed by atoms with Gasteiger partial charge in [0.25, 0.3) is 0 Å². The number of carbonyl (C=O) groups excluding carboxylic acids is 16. The van der Waals surface area contributed by atoms with Crippen LogP contribution in [-0.2, 0) is 107 Å². The van der Waals surface area contributed by atoms with Gasteiger partial charge in [0.2, 0.25) is 88.6 Å². The van der Waals surface area contributed by atoms with Crippen LogP contribution in [0, 0.1) is 11.3 Å². The zero-order valence-corrected chi connectivity index (χ0v) is 79.4. The number of nitrogens with one attached hydrogen (secondary N) is 14. The summed E-state index contributed by atoms with van der Waals surface area (Å²) in [4.78, 5) is 271. The van der Waals surface area contributed by atoms with Gasteiger partial charge in [-0.05, 0) is 125 Å². The number of carbonyl (C=O) groups is 17. The molecule has 24 N–H and O–H groups in total. The highest BCUT2D eigenvalue weighted by Gasteiger charge is 2.47. The third-order valence-electron chi connectivity index (χ3n) is 25.6. The number of aliphatic hydroxyl groups is 2. The highest BCUT2D eigenvalue weighted by Crippen LogP contribution is 2.30. The number of aliphatic hydroxyl groups excluding tert-OH is 2. The SMILES string of the molecule is CCCC[C@@H]1C(=O)N(C)[C@H](CCCC)C(=O)N[C@@H](CCCNC(=N)N)C(=O)N[C@@H](C(=O)NCC(N)=O)CSCC(=O)N[C@@H](Cc2ccc(O)cc2)C(=O)N2CCCCC2C(=O)N[C@H](CCC(=O)O)C(=O)N2CCC[C@H]2C(=O)N[C@H](Cc2c[nH]cn2)C(=O)N[C@@H](CCCN)C(=O)N2C[C@H](O)CC2C(=O)N[C@H](Cc2c[nH]c3ccccc23)C(=O)C[C@@H](CO)C(=O)N[C@@H](Cc2c[nH]c3ccccc23)C(=O)N1C. The van der Waals surface area contributed by atoms with Gasteiger partial charge in [0, 0.05) is 131 Å². The smallest absolute Gasteiger partial charge is 0.303 e. The van der Waals surface area contributed by atoms with Crippen LogP contribution < -0.4 is 70.4 Å². The number of aromatic hydroxyl groups is 1. The number of para-hydroxylation sites is 2. The minimum absolute atomic E-state index is 0.00190. The van der Waals surface area contributed by atoms with Crippen LogP contribution in [0.15, 0.2) is 97.7 Å². The Morgan fingerprint density at radius 3 is 1.71 bits per heavy atom. The Hall–Kier alpha value is -13.6. The van der Waals surface area contributed by atoms with Crippen molar-refractivity contribution in [3.63, 3.8) is 0 Å². The second-order valence-electron chi connectivity index (χ2n) is 35.7. The Bertz CT molecular complexity index is 5330. The van der Waals surface area contributed by atoms with E-state index in [0.29, 0.717) is 77.0 Å². The molecule has 0 radical (unpaired) electrons. The van der Waals surface area contributed by atoms with Gasteiger partial charge in [-0.2, -0.15) is 0 Å². The summed E-state index contributed by atoms with van der Waals surface area (Å²) in [5.74, 6) is -18.9. The van der Waals surface area contributed by atoms with E-state index in [0.717, 1.165) is 31.4 Å². The number of imidazole rings is 1. The quantitative estimate of drug-likeness (QED) is 0.0149. The second kappa shape index (κ2) is 52.3. The number of guanidine groups is 1. The van der Waals surface area contributed by atoms with E-state index >= 15 is 62.3 Å². The maximum absolute atomic E-state index is 15.8. The van der Waals surface area contributed by atoms with E-state index in [1.165, 1.54) is 55.8 Å². The number of aliphatic carboxylic acids is 1. The molecule has 10 rings (SSSR count). The zero-order valence-electron chi connectivity index (χ0n) is 78.6. The lowest BCUT2D eigenvalue weighted by Crippen LogP contribution is -2.61. The van der Waals surface area contributed by atoms with E-state index in [4.69, 9.17) is 22.6 Å². The monoisotopic (exact) mass is 1950 g/mol. The number of nitrogens with zero attached hydrogens (tertiary/aromatic N) is 6. The summed E-state index contributed by atoms with van der Waals surface area (Å²) in [6.07, 6.45) is 3.40. The molecule has 15 atom stereocenters. The van der Waals surface area contributed by atoms with Crippen molar-refractivity contribution < 1.29 is 102 Å². The van der Waals surface area contributed by atoms with E-state index in [-0.39, 0.29) is 121 Å². The Balaban J connectivity index is 1.03. The summed E-state index contributed by atoms with van der Waals surface area (Å²) in [5, 5.41) is 79.3. The second-order valence-corrected chi connectivity index (χ2v) is 36.8. The molecule has 3 aromatic heterocycles. The number of ketones is 1. The number of aromatic nitrogens is 4. The van der Waals surface area contributed by atoms with Gasteiger partial charge in [-0.15, -0.1) is 11.8 Å². The molecular weight excluding hydrogens is 1820 g/mol. The molecule has 2 unspecified atom stereocenters. The molecule has 15 amide bonds. The van der Waals surface area contributed by atoms with Crippen molar-refractivity contribution in [2.75, 3.05) is 71.5 Å². The third-order valence-corrected chi connectivity index (χ3v) is 26.7. The van der Waals surface area contributed by atoms with Gasteiger partial charge >= 0.3 is 5.97 Å². The van der Waals surface area contributed by atoms with Gasteiger partial charge in [0.15, 0.2) is 11.7 Å². The van der Waals surface area contributed by atoms with Crippen LogP contribution in [0.3, 0.4) is 0 Å². The number of aromatic amines is 3. The highest BCUT2D eigenvalue weighted by molar-refractivity contribution is 8.00. The predicted octanol–water partition coefficient (Wildman–Crippen LogP) is -1.62. The van der Waals surface area contributed by atoms with Crippen molar-refractivity contribution in [3.05, 3.63) is 120 Å². The summed E-state index contributed by atoms with van der Waals surface area (Å²) in [5.41, 5.74) is 20.2. The molecule has 6 aromatic rings. The number of benzene rings is 3. The van der Waals surface area contributed by atoms with Crippen molar-refractivity contribution in [1.82, 2.24) is 97.6 Å². The van der Waals surface area contributed by atoms with Crippen LogP contribution in [0.2, 0.25) is 0 Å². The molecule has 44 nitrogen and oxygen atoms in total. The average molecular weight is 1950 g/mol. The number of hydrogen-bond donors (Lipinski definition) is 21. The molecular formula is C94H131N23O21S. The molecule has 139 heavy (non-hydrogen) atoms. The van der Waals surface area contributed by atoms with Gasteiger partial charge in [-0.25, -0.2) is 4.98 Å². The zero-order chi connectivity index (χ0) is 101. The fourth-order valence-electron chi connectivity index (χ4n) is 18.0. The lowest BCUT2D eigenvalue weighted by molar-refractivity contribution is -0.149. The van der Waals surface area contributed by atoms with Crippen LogP contribution in [0.5, 0.6) is 5.75 Å². The van der Waals surface area contributed by atoms with Crippen molar-refractivity contribution >= 4 is 140 Å². The van der Waals surface area contributed by atoms with Crippen molar-refractivity contribution in [1.29, 1.82) is 5.41 Å². The molecule has 0 bridgehead atoms. The number of rotatable bonds is 28. The van der Waals surface area contributed by atoms with Crippen molar-refractivity contribution in [3.8, 4) is 5.75 Å². The number of phenolic OH excluding ortho intramolecular Hbond substituents is 1. The maximum atomic E-state index is 15.8. The fourth-order valence-corrected chi connectivity index (χ4v) is 18.9. The number of nitrogens with two attached hydrogens (primary N) is 3. The van der Waals surface area contributed by atoms with E-state index in [2.05, 4.69) is 73.1 Å². The number of thioether (sulfide) groups is 1. The summed E-state index contributed by atoms with van der Waals surface area (Å²) < 4.78 is 0. The molecule has 0 saturated carbocycles. The maximum Gasteiger partial charge on any atom is 0.303 e. The Morgan fingerprint density at radius 2 is 1.09 bits per heavy atom. The molecule has 3 aromatic carbocycles. The molecule has 4 fully saturated rings. The number of hydrogen-bond acceptors (Lipinski definition) is 24. The first-order valence-electron chi connectivity index (χ1n) is 47.3. The molecule has 4 aliphatic rings. The molecule has 754 valence electrons. The number of likely N-dealkylation sites (N-methyl/N-ethyl adjacent to an activating group) is 2. The van der Waals surface area contributed by atoms with Gasteiger partial charge in [-0.3, -0.25) is 86.9 Å². The molecule has 7 heterocycles. The first-order valence-corrected chi connectivity index (χ1v) is 48.4. The number of unbranched alkanes of at least 4 members (excludes halogenated alkanes) is 2. The normalized spacial score (nSPS) is 24.9. The van der Waals surface area contributed by atoms with Crippen molar-refractivity contribution in [2.24, 2.45) is 23.1 Å². The standard InChI is InChI=1S/C94H131N23O21S/c1-5-7-24-72-85(130)106-64(23-16-35-100-94(97)98)83(128)112-71(82(127)103-47-78(96)122)50-139-51-79(123)105-69(38-53-28-30-58(119)31-29-53)92(137)115-36-14-13-26-73(115)86(131)108-66(32-33-80(124)125)90(135)116-37-17-27-74(116)87(132)110-68(42-57-46-99-52-104-57)84(129)107-65(22-15-34-95)91(136)117-48-59(120)43-76(117)88(133)109-67(39-54-44-101-62-20-11-9-18-60(54)62)77(121)41-56(49-118)81(126)111-70(40-55-45-102-63-21-12-10-19-61(55)63)89(134)114(4)75(25-8-6-2)93(138)113(72)3/h9-12,18-21,28-31,44-46,52,56,59,64-76,101-102,118-120H,5-8,13-17,22-27,32-43,47-51,95H2,1-4H3,(H2,96,122)(H,99,104)(H,103,127)(H,105,123)(H,106,130)(H,107,129)(H,108,131)(H,109,133)(H,110,132)(H,111,126)(H,112,128)(H,124,125)(H4,97,98,100)/t56-,59+,64-,65-,66+,67+,68+,69-,70-,71+,72+,73?,74-,75+,76?/m0/s1. The number of primary amides is 1. The minimum atomic E-state index is -1.66. The Morgan fingerprint density at radius 1 is 0.547 bits per heavy atom. The van der Waals surface area contributed by atoms with Gasteiger partial charge in [0.1, 0.15) is 78.3 Å².